The molecule has 5 nitrogen and oxygen atoms in total. The molecule has 172 valence electrons. The molecule has 7 heteroatoms. The van der Waals surface area contributed by atoms with Gasteiger partial charge in [-0.05, 0) is 50.5 Å². The van der Waals surface area contributed by atoms with E-state index in [0.29, 0.717) is 38.5 Å². The Kier molecular flexibility index (Phi) is 9.05. The predicted molar refractivity (Wildman–Crippen MR) is 128 cm³/mol. The van der Waals surface area contributed by atoms with Crippen molar-refractivity contribution in [2.24, 2.45) is 11.8 Å². The molecule has 1 aromatic carbocycles. The lowest BCUT2D eigenvalue weighted by atomic mass is 9.91. The highest BCUT2D eigenvalue weighted by molar-refractivity contribution is 7.19. The largest absolute Gasteiger partial charge is 0.481 e. The number of Topliss-reactive ketones (excluding diaryl/α,β-unsaturated/α-hetero) is 1. The first-order chi connectivity index (χ1) is 15.4. The molecular weight excluding hydrogens is 448 g/mol. The highest BCUT2D eigenvalue weighted by Crippen LogP contribution is 2.36. The molecule has 1 aliphatic rings. The van der Waals surface area contributed by atoms with E-state index < -0.39 is 18.2 Å². The van der Waals surface area contributed by atoms with Crippen LogP contribution in [0.4, 0.5) is 0 Å². The Bertz CT molecular complexity index is 995. The number of aliphatic hydroxyl groups is 2. The average Bonchev–Trinajstić information content (AvgIpc) is 3.23. The van der Waals surface area contributed by atoms with Crippen molar-refractivity contribution < 1.29 is 24.9 Å². The number of carbonyl (C=O) groups is 2. The highest BCUT2D eigenvalue weighted by Gasteiger charge is 2.39. The van der Waals surface area contributed by atoms with Crippen LogP contribution in [0.2, 0.25) is 5.02 Å². The zero-order valence-corrected chi connectivity index (χ0v) is 19.4. The Morgan fingerprint density at radius 2 is 2.06 bits per heavy atom. The van der Waals surface area contributed by atoms with E-state index in [1.807, 2.05) is 42.5 Å². The van der Waals surface area contributed by atoms with Crippen LogP contribution >= 0.6 is 22.9 Å². The summed E-state index contributed by atoms with van der Waals surface area (Å²) < 4.78 is 1.13. The molecule has 2 aromatic rings. The van der Waals surface area contributed by atoms with E-state index in [1.165, 1.54) is 0 Å². The monoisotopic (exact) mass is 476 g/mol. The highest BCUT2D eigenvalue weighted by atomic mass is 35.5. The molecule has 0 radical (unpaired) electrons. The fraction of sp³-hybridized carbons (Fsp3) is 0.440. The van der Waals surface area contributed by atoms with Crippen molar-refractivity contribution in [2.75, 3.05) is 0 Å². The number of halogens is 1. The van der Waals surface area contributed by atoms with Crippen LogP contribution in [0.25, 0.3) is 10.1 Å². The van der Waals surface area contributed by atoms with Crippen molar-refractivity contribution in [1.82, 2.24) is 0 Å². The number of hydrogen-bond acceptors (Lipinski definition) is 5. The maximum absolute atomic E-state index is 12.3. The van der Waals surface area contributed by atoms with Gasteiger partial charge < -0.3 is 15.3 Å². The first kappa shape index (κ1) is 24.6. The molecule has 1 saturated carbocycles. The normalized spacial score (nSPS) is 22.5. The number of carbonyl (C=O) groups excluding carboxylic acids is 1. The van der Waals surface area contributed by atoms with E-state index in [2.05, 4.69) is 0 Å². The maximum Gasteiger partial charge on any atom is 0.303 e. The molecule has 1 aliphatic carbocycles. The summed E-state index contributed by atoms with van der Waals surface area (Å²) in [6.07, 6.45) is 9.14. The molecule has 1 heterocycles. The number of rotatable bonds is 11. The summed E-state index contributed by atoms with van der Waals surface area (Å²) in [4.78, 5) is 23.9. The molecule has 4 atom stereocenters. The van der Waals surface area contributed by atoms with Gasteiger partial charge in [-0.25, -0.2) is 0 Å². The number of aliphatic hydroxyl groups excluding tert-OH is 2. The number of benzene rings is 1. The van der Waals surface area contributed by atoms with Crippen LogP contribution in [0.15, 0.2) is 48.6 Å². The molecule has 0 spiro atoms. The number of allylic oxidation sites excluding steroid dienone is 3. The van der Waals surface area contributed by atoms with Gasteiger partial charge in [-0.1, -0.05) is 54.1 Å². The van der Waals surface area contributed by atoms with Gasteiger partial charge in [-0.2, -0.15) is 0 Å². The van der Waals surface area contributed by atoms with Gasteiger partial charge >= 0.3 is 5.97 Å². The molecule has 3 rings (SSSR count). The fourth-order valence-electron chi connectivity index (χ4n) is 4.10. The summed E-state index contributed by atoms with van der Waals surface area (Å²) in [6, 6.07) is 7.98. The van der Waals surface area contributed by atoms with Gasteiger partial charge in [0.2, 0.25) is 0 Å². The molecular formula is C25H29ClO5S. The van der Waals surface area contributed by atoms with Crippen LogP contribution in [0.5, 0.6) is 0 Å². The zero-order chi connectivity index (χ0) is 23.1. The van der Waals surface area contributed by atoms with Crippen molar-refractivity contribution in [3.63, 3.8) is 0 Å². The van der Waals surface area contributed by atoms with E-state index in [9.17, 15) is 19.8 Å². The van der Waals surface area contributed by atoms with E-state index in [0.717, 1.165) is 20.0 Å². The van der Waals surface area contributed by atoms with Crippen molar-refractivity contribution in [3.05, 3.63) is 58.5 Å². The summed E-state index contributed by atoms with van der Waals surface area (Å²) in [6.45, 7) is 0. The third kappa shape index (κ3) is 6.51. The zero-order valence-electron chi connectivity index (χ0n) is 17.8. The number of thiophene rings is 1. The third-order valence-corrected chi connectivity index (χ3v) is 7.65. The number of aliphatic carboxylic acids is 1. The van der Waals surface area contributed by atoms with Gasteiger partial charge in [-0.3, -0.25) is 9.59 Å². The Balaban J connectivity index is 1.52. The van der Waals surface area contributed by atoms with Gasteiger partial charge in [0.1, 0.15) is 6.10 Å². The Hall–Kier alpha value is -1.99. The van der Waals surface area contributed by atoms with E-state index in [-0.39, 0.29) is 24.0 Å². The lowest BCUT2D eigenvalue weighted by Gasteiger charge is -2.13. The maximum atomic E-state index is 12.3. The van der Waals surface area contributed by atoms with E-state index >= 15 is 0 Å². The van der Waals surface area contributed by atoms with Crippen LogP contribution in [-0.2, 0) is 16.0 Å². The molecule has 0 bridgehead atoms. The minimum absolute atomic E-state index is 0.122. The Labute approximate surface area is 197 Å². The molecule has 0 amide bonds. The van der Waals surface area contributed by atoms with Crippen LogP contribution in [0.1, 0.15) is 43.4 Å². The molecule has 0 aliphatic heterocycles. The SMILES string of the molecule is O=C(O)CCC/C=C\C[C@H]1C(=O)C(O)CC1/C=C/C(O)CCc1sc2ccccc2c1Cl. The lowest BCUT2D eigenvalue weighted by Crippen LogP contribution is -2.19. The predicted octanol–water partition coefficient (Wildman–Crippen LogP) is 5.17. The lowest BCUT2D eigenvalue weighted by molar-refractivity contribution is -0.137. The fourth-order valence-corrected chi connectivity index (χ4v) is 5.65. The second kappa shape index (κ2) is 11.8. The third-order valence-electron chi connectivity index (χ3n) is 5.87. The summed E-state index contributed by atoms with van der Waals surface area (Å²) in [7, 11) is 0. The molecule has 1 fully saturated rings. The Morgan fingerprint density at radius 3 is 2.81 bits per heavy atom. The van der Waals surface area contributed by atoms with Crippen molar-refractivity contribution in [2.45, 2.75) is 57.2 Å². The van der Waals surface area contributed by atoms with E-state index in [1.54, 1.807) is 17.4 Å². The second-order valence-electron chi connectivity index (χ2n) is 8.24. The quantitative estimate of drug-likeness (QED) is 0.307. The van der Waals surface area contributed by atoms with Gasteiger partial charge in [0.25, 0.3) is 0 Å². The van der Waals surface area contributed by atoms with Crippen LogP contribution in [0.3, 0.4) is 0 Å². The first-order valence-electron chi connectivity index (χ1n) is 11.0. The summed E-state index contributed by atoms with van der Waals surface area (Å²) in [5.41, 5.74) is 0. The molecule has 3 unspecified atom stereocenters. The minimum atomic E-state index is -0.968. The number of carboxylic acids is 1. The summed E-state index contributed by atoms with van der Waals surface area (Å²) >= 11 is 8.12. The van der Waals surface area contributed by atoms with Crippen molar-refractivity contribution >= 4 is 44.8 Å². The topological polar surface area (TPSA) is 94.8 Å². The number of unbranched alkanes of at least 4 members (excludes halogenated alkanes) is 1. The smallest absolute Gasteiger partial charge is 0.303 e. The van der Waals surface area contributed by atoms with Gasteiger partial charge in [0.15, 0.2) is 5.78 Å². The number of aryl methyl sites for hydroxylation is 1. The molecule has 0 saturated heterocycles. The van der Waals surface area contributed by atoms with Crippen LogP contribution in [-0.4, -0.2) is 39.3 Å². The minimum Gasteiger partial charge on any atom is -0.481 e. The van der Waals surface area contributed by atoms with Gasteiger partial charge in [0, 0.05) is 27.3 Å². The molecule has 3 N–H and O–H groups in total. The molecule has 32 heavy (non-hydrogen) atoms. The standard InChI is InChI=1S/C25H29ClO5S/c26-24-19-8-5-6-9-21(19)32-22(24)14-13-17(27)12-11-16-15-20(28)25(31)18(16)7-3-1-2-4-10-23(29)30/h1,3,5-6,8-9,11-12,16-18,20,27-28H,2,4,7,10,13-15H2,(H,29,30)/b3-1-,12-11+/t16?,17?,18-,20?/m1/s1. The summed E-state index contributed by atoms with van der Waals surface area (Å²) in [5.74, 6) is -1.42. The number of fused-ring (bicyclic) bond motifs is 1. The van der Waals surface area contributed by atoms with Crippen LogP contribution < -0.4 is 0 Å². The summed E-state index contributed by atoms with van der Waals surface area (Å²) in [5, 5.41) is 30.9. The van der Waals surface area contributed by atoms with Crippen molar-refractivity contribution in [1.29, 1.82) is 0 Å². The van der Waals surface area contributed by atoms with Gasteiger partial charge in [0.05, 0.1) is 11.1 Å². The number of hydrogen-bond donors (Lipinski definition) is 3. The first-order valence-corrected chi connectivity index (χ1v) is 12.2. The number of carboxylic acid groups (broad SMARTS) is 1. The average molecular weight is 477 g/mol. The van der Waals surface area contributed by atoms with Crippen molar-refractivity contribution in [3.8, 4) is 0 Å². The Morgan fingerprint density at radius 1 is 1.28 bits per heavy atom. The number of ketones is 1. The molecule has 1 aromatic heterocycles. The van der Waals surface area contributed by atoms with Crippen LogP contribution in [0, 0.1) is 11.8 Å². The van der Waals surface area contributed by atoms with E-state index in [4.69, 9.17) is 16.7 Å². The van der Waals surface area contributed by atoms with Gasteiger partial charge in [-0.15, -0.1) is 11.3 Å². The second-order valence-corrected chi connectivity index (χ2v) is 9.76.